The van der Waals surface area contributed by atoms with Crippen LogP contribution in [0, 0.1) is 0 Å². The van der Waals surface area contributed by atoms with E-state index in [4.69, 9.17) is 4.74 Å². The largest absolute Gasteiger partial charge is 0.488 e. The van der Waals surface area contributed by atoms with E-state index in [1.165, 1.54) is 11.6 Å². The summed E-state index contributed by atoms with van der Waals surface area (Å²) in [5.74, 6) is -0.534. The summed E-state index contributed by atoms with van der Waals surface area (Å²) in [5.41, 5.74) is 3.00. The number of pyridine rings is 1. The molecule has 0 fully saturated rings. The Labute approximate surface area is 147 Å². The fourth-order valence-electron chi connectivity index (χ4n) is 2.63. The minimum absolute atomic E-state index is 0.0169. The third kappa shape index (κ3) is 3.79. The molecule has 128 valence electrons. The van der Waals surface area contributed by atoms with Gasteiger partial charge >= 0.3 is 5.97 Å². The summed E-state index contributed by atoms with van der Waals surface area (Å²) in [7, 11) is 0. The van der Waals surface area contributed by atoms with E-state index >= 15 is 0 Å². The lowest BCUT2D eigenvalue weighted by molar-refractivity contribution is 0.0690. The molecule has 0 radical (unpaired) electrons. The second-order valence-electron chi connectivity index (χ2n) is 7.06. The molecule has 4 nitrogen and oxygen atoms in total. The van der Waals surface area contributed by atoms with E-state index in [1.807, 2.05) is 30.3 Å². The molecule has 1 aromatic heterocycles. The lowest BCUT2D eigenvalue weighted by atomic mass is 9.87. The van der Waals surface area contributed by atoms with Gasteiger partial charge in [0.1, 0.15) is 12.4 Å². The molecule has 0 bridgehead atoms. The van der Waals surface area contributed by atoms with E-state index in [0.717, 1.165) is 10.9 Å². The topological polar surface area (TPSA) is 59.4 Å². The van der Waals surface area contributed by atoms with Crippen LogP contribution in [0.25, 0.3) is 10.9 Å². The number of ether oxygens (including phenoxy) is 1. The maximum absolute atomic E-state index is 11.3. The van der Waals surface area contributed by atoms with Gasteiger partial charge in [0.2, 0.25) is 0 Å². The van der Waals surface area contributed by atoms with Crippen molar-refractivity contribution in [3.8, 4) is 5.75 Å². The molecule has 0 amide bonds. The first kappa shape index (κ1) is 17.0. The highest BCUT2D eigenvalue weighted by Crippen LogP contribution is 2.27. The van der Waals surface area contributed by atoms with Crippen molar-refractivity contribution < 1.29 is 14.6 Å². The van der Waals surface area contributed by atoms with E-state index in [0.29, 0.717) is 17.9 Å². The monoisotopic (exact) mass is 335 g/mol. The van der Waals surface area contributed by atoms with Gasteiger partial charge in [-0.3, -0.25) is 0 Å². The summed E-state index contributed by atoms with van der Waals surface area (Å²) >= 11 is 0. The molecule has 0 aliphatic carbocycles. The Morgan fingerprint density at radius 1 is 1.08 bits per heavy atom. The van der Waals surface area contributed by atoms with Gasteiger partial charge in [0, 0.05) is 11.5 Å². The molecule has 1 heterocycles. The molecule has 0 saturated heterocycles. The Bertz CT molecular complexity index is 909. The molecule has 2 aromatic carbocycles. The zero-order valence-corrected chi connectivity index (χ0v) is 14.6. The van der Waals surface area contributed by atoms with Crippen LogP contribution in [0.15, 0.2) is 54.6 Å². The molecule has 0 atom stereocenters. The number of hydrogen-bond donors (Lipinski definition) is 1. The molecule has 0 aliphatic heterocycles. The van der Waals surface area contributed by atoms with Crippen molar-refractivity contribution in [1.82, 2.24) is 4.98 Å². The number of carboxylic acid groups (broad SMARTS) is 1. The first-order chi connectivity index (χ1) is 11.8. The average Bonchev–Trinajstić information content (AvgIpc) is 2.59. The van der Waals surface area contributed by atoms with Gasteiger partial charge in [0.25, 0.3) is 0 Å². The van der Waals surface area contributed by atoms with Crippen LogP contribution in [0.1, 0.15) is 42.4 Å². The molecule has 25 heavy (non-hydrogen) atoms. The van der Waals surface area contributed by atoms with Crippen LogP contribution >= 0.6 is 0 Å². The molecule has 3 aromatic rings. The van der Waals surface area contributed by atoms with Gasteiger partial charge < -0.3 is 9.84 Å². The van der Waals surface area contributed by atoms with Crippen LogP contribution in [0.2, 0.25) is 0 Å². The van der Waals surface area contributed by atoms with E-state index in [1.54, 1.807) is 6.07 Å². The average molecular weight is 335 g/mol. The zero-order chi connectivity index (χ0) is 18.0. The van der Waals surface area contributed by atoms with Crippen molar-refractivity contribution in [2.24, 2.45) is 0 Å². The highest BCUT2D eigenvalue weighted by molar-refractivity contribution is 5.93. The number of nitrogens with zero attached hydrogens (tertiary/aromatic N) is 1. The first-order valence-electron chi connectivity index (χ1n) is 8.20. The molecular weight excluding hydrogens is 314 g/mol. The van der Waals surface area contributed by atoms with Crippen LogP contribution in [0.5, 0.6) is 5.75 Å². The van der Waals surface area contributed by atoms with Crippen LogP contribution in [0.3, 0.4) is 0 Å². The Morgan fingerprint density at radius 2 is 1.76 bits per heavy atom. The number of rotatable bonds is 4. The molecule has 4 heteroatoms. The maximum Gasteiger partial charge on any atom is 0.354 e. The second kappa shape index (κ2) is 6.55. The molecule has 0 spiro atoms. The Kier molecular flexibility index (Phi) is 4.45. The highest BCUT2D eigenvalue weighted by atomic mass is 16.5. The summed E-state index contributed by atoms with van der Waals surface area (Å²) < 4.78 is 5.92. The van der Waals surface area contributed by atoms with Crippen molar-refractivity contribution in [1.29, 1.82) is 0 Å². The quantitative estimate of drug-likeness (QED) is 0.743. The van der Waals surface area contributed by atoms with Crippen LogP contribution in [-0.4, -0.2) is 16.1 Å². The van der Waals surface area contributed by atoms with Crippen LogP contribution < -0.4 is 4.74 Å². The van der Waals surface area contributed by atoms with Gasteiger partial charge in [-0.1, -0.05) is 57.2 Å². The number of benzene rings is 2. The van der Waals surface area contributed by atoms with Crippen LogP contribution in [-0.2, 0) is 12.0 Å². The summed E-state index contributed by atoms with van der Waals surface area (Å²) in [6.07, 6.45) is 0. The second-order valence-corrected chi connectivity index (χ2v) is 7.06. The van der Waals surface area contributed by atoms with Crippen molar-refractivity contribution >= 4 is 16.9 Å². The van der Waals surface area contributed by atoms with Gasteiger partial charge in [-0.05, 0) is 28.7 Å². The molecule has 0 saturated carbocycles. The lowest BCUT2D eigenvalue weighted by Crippen LogP contribution is -2.10. The number of aromatic nitrogens is 1. The van der Waals surface area contributed by atoms with E-state index in [-0.39, 0.29) is 11.1 Å². The number of para-hydroxylation sites is 1. The number of carboxylic acids is 1. The summed E-state index contributed by atoms with van der Waals surface area (Å²) in [6.45, 7) is 6.90. The van der Waals surface area contributed by atoms with Gasteiger partial charge in [0.15, 0.2) is 5.69 Å². The van der Waals surface area contributed by atoms with Crippen molar-refractivity contribution in [2.45, 2.75) is 32.8 Å². The highest BCUT2D eigenvalue weighted by Gasteiger charge is 2.14. The Morgan fingerprint density at radius 3 is 2.40 bits per heavy atom. The third-order valence-electron chi connectivity index (χ3n) is 4.11. The predicted molar refractivity (Wildman–Crippen MR) is 98.2 cm³/mol. The maximum atomic E-state index is 11.3. The molecule has 1 N–H and O–H groups in total. The predicted octanol–water partition coefficient (Wildman–Crippen LogP) is 4.81. The number of fused-ring (bicyclic) bond motifs is 1. The minimum Gasteiger partial charge on any atom is -0.488 e. The summed E-state index contributed by atoms with van der Waals surface area (Å²) in [6, 6.07) is 17.2. The Hall–Kier alpha value is -2.88. The SMILES string of the molecule is CC(C)(C)c1ccc(COc2cc(C(=O)O)nc3ccccc23)cc1. The van der Waals surface area contributed by atoms with Crippen molar-refractivity contribution in [3.63, 3.8) is 0 Å². The third-order valence-corrected chi connectivity index (χ3v) is 4.11. The lowest BCUT2D eigenvalue weighted by Gasteiger charge is -2.19. The van der Waals surface area contributed by atoms with E-state index in [2.05, 4.69) is 37.9 Å². The first-order valence-corrected chi connectivity index (χ1v) is 8.20. The molecule has 0 unspecified atom stereocenters. The number of hydrogen-bond acceptors (Lipinski definition) is 3. The van der Waals surface area contributed by atoms with Crippen molar-refractivity contribution in [3.05, 3.63) is 71.4 Å². The minimum atomic E-state index is -1.06. The Balaban J connectivity index is 1.86. The van der Waals surface area contributed by atoms with Gasteiger partial charge in [-0.25, -0.2) is 9.78 Å². The van der Waals surface area contributed by atoms with Gasteiger partial charge in [-0.15, -0.1) is 0 Å². The van der Waals surface area contributed by atoms with E-state index < -0.39 is 5.97 Å². The molecule has 0 aliphatic rings. The standard InChI is InChI=1S/C21H21NO3/c1-21(2,3)15-10-8-14(9-11-15)13-25-19-12-18(20(23)24)22-17-7-5-4-6-16(17)19/h4-12H,13H2,1-3H3,(H,23,24). The van der Waals surface area contributed by atoms with Gasteiger partial charge in [0.05, 0.1) is 5.52 Å². The molecular formula is C21H21NO3. The smallest absolute Gasteiger partial charge is 0.354 e. The fraction of sp³-hybridized carbons (Fsp3) is 0.238. The normalized spacial score (nSPS) is 11.5. The molecule has 3 rings (SSSR count). The summed E-state index contributed by atoms with van der Waals surface area (Å²) in [4.78, 5) is 15.4. The zero-order valence-electron chi connectivity index (χ0n) is 14.6. The van der Waals surface area contributed by atoms with Crippen molar-refractivity contribution in [2.75, 3.05) is 0 Å². The number of aromatic carboxylic acids is 1. The van der Waals surface area contributed by atoms with Gasteiger partial charge in [-0.2, -0.15) is 0 Å². The summed E-state index contributed by atoms with van der Waals surface area (Å²) in [5, 5.41) is 10.0. The van der Waals surface area contributed by atoms with E-state index in [9.17, 15) is 9.90 Å². The van der Waals surface area contributed by atoms with Crippen LogP contribution in [0.4, 0.5) is 0 Å². The fourth-order valence-corrected chi connectivity index (χ4v) is 2.63. The number of carbonyl (C=O) groups is 1.